The first-order valence-electron chi connectivity index (χ1n) is 9.13. The van der Waals surface area contributed by atoms with Crippen LogP contribution in [0.15, 0.2) is 51.8 Å². The molecule has 0 radical (unpaired) electrons. The molecule has 1 N–H and O–H groups in total. The van der Waals surface area contributed by atoms with Gasteiger partial charge < -0.3 is 14.8 Å². The summed E-state index contributed by atoms with van der Waals surface area (Å²) < 4.78 is 39.1. The van der Waals surface area contributed by atoms with Crippen LogP contribution in [-0.4, -0.2) is 45.9 Å². The Hall–Kier alpha value is -2.10. The Balaban J connectivity index is 1.80. The molecule has 1 aliphatic heterocycles. The van der Waals surface area contributed by atoms with Gasteiger partial charge in [-0.15, -0.1) is 0 Å². The molecule has 29 heavy (non-hydrogen) atoms. The first-order valence-corrected chi connectivity index (χ1v) is 11.4. The van der Waals surface area contributed by atoms with Crippen molar-refractivity contribution in [2.24, 2.45) is 5.92 Å². The fraction of sp³-hybridized carbons (Fsp3) is 0.350. The van der Waals surface area contributed by atoms with Gasteiger partial charge in [0.25, 0.3) is 0 Å². The summed E-state index contributed by atoms with van der Waals surface area (Å²) in [4.78, 5) is 12.8. The van der Waals surface area contributed by atoms with Crippen molar-refractivity contribution in [3.63, 3.8) is 0 Å². The zero-order valence-electron chi connectivity index (χ0n) is 16.2. The van der Waals surface area contributed by atoms with Crippen LogP contribution in [0.25, 0.3) is 0 Å². The lowest BCUT2D eigenvalue weighted by molar-refractivity contribution is -0.120. The summed E-state index contributed by atoms with van der Waals surface area (Å²) in [5.41, 5.74) is 0.666. The van der Waals surface area contributed by atoms with Crippen molar-refractivity contribution < 1.29 is 22.7 Å². The number of benzene rings is 2. The van der Waals surface area contributed by atoms with Crippen molar-refractivity contribution >= 4 is 37.5 Å². The van der Waals surface area contributed by atoms with Crippen LogP contribution in [0, 0.1) is 5.92 Å². The predicted molar refractivity (Wildman–Crippen MR) is 114 cm³/mol. The highest BCUT2D eigenvalue weighted by atomic mass is 79.9. The number of ether oxygens (including phenoxy) is 2. The molecule has 0 aromatic heterocycles. The normalized spacial score (nSPS) is 17.6. The number of nitrogens with one attached hydrogen (secondary N) is 1. The van der Waals surface area contributed by atoms with E-state index in [0.29, 0.717) is 30.8 Å². The number of carbonyl (C=O) groups excluding carboxylic acids is 1. The van der Waals surface area contributed by atoms with Gasteiger partial charge in [0.2, 0.25) is 15.9 Å². The molecule has 1 amide bonds. The number of nitrogens with zero attached hydrogens (tertiary/aromatic N) is 1. The Bertz CT molecular complexity index is 996. The van der Waals surface area contributed by atoms with E-state index in [1.165, 1.54) is 24.6 Å². The molecule has 1 saturated heterocycles. The molecule has 1 atom stereocenters. The third kappa shape index (κ3) is 4.91. The summed E-state index contributed by atoms with van der Waals surface area (Å²) in [6.45, 7) is 0.464. The minimum atomic E-state index is -3.84. The second-order valence-electron chi connectivity index (χ2n) is 6.72. The summed E-state index contributed by atoms with van der Waals surface area (Å²) >= 11 is 3.37. The number of methoxy groups -OCH3 is 2. The monoisotopic (exact) mass is 482 g/mol. The van der Waals surface area contributed by atoms with E-state index in [2.05, 4.69) is 21.2 Å². The van der Waals surface area contributed by atoms with Crippen LogP contribution in [0.5, 0.6) is 11.5 Å². The molecule has 7 nitrogen and oxygen atoms in total. The average molecular weight is 483 g/mol. The summed E-state index contributed by atoms with van der Waals surface area (Å²) in [6.07, 6.45) is 1.23. The zero-order chi connectivity index (χ0) is 21.0. The number of sulfonamides is 1. The number of rotatable bonds is 6. The Morgan fingerprint density at radius 3 is 2.66 bits per heavy atom. The van der Waals surface area contributed by atoms with Crippen LogP contribution in [0.4, 0.5) is 5.69 Å². The summed E-state index contributed by atoms with van der Waals surface area (Å²) in [5.74, 6) is 0.0339. The molecule has 0 saturated carbocycles. The maximum Gasteiger partial charge on any atom is 0.246 e. The minimum Gasteiger partial charge on any atom is -0.497 e. The lowest BCUT2D eigenvalue weighted by atomic mass is 9.99. The van der Waals surface area contributed by atoms with E-state index < -0.39 is 15.9 Å². The van der Waals surface area contributed by atoms with E-state index in [1.54, 1.807) is 24.3 Å². The van der Waals surface area contributed by atoms with Gasteiger partial charge in [0.15, 0.2) is 0 Å². The van der Waals surface area contributed by atoms with Gasteiger partial charge in [-0.25, -0.2) is 8.42 Å². The summed E-state index contributed by atoms with van der Waals surface area (Å²) in [5, 5.41) is 2.87. The van der Waals surface area contributed by atoms with E-state index in [-0.39, 0.29) is 23.1 Å². The van der Waals surface area contributed by atoms with Crippen molar-refractivity contribution in [1.29, 1.82) is 0 Å². The van der Waals surface area contributed by atoms with Gasteiger partial charge in [0, 0.05) is 29.3 Å². The Morgan fingerprint density at radius 2 is 1.97 bits per heavy atom. The third-order valence-corrected chi connectivity index (χ3v) is 7.22. The summed E-state index contributed by atoms with van der Waals surface area (Å²) in [7, 11) is -0.947. The maximum absolute atomic E-state index is 13.3. The number of hydrogen-bond donors (Lipinski definition) is 1. The van der Waals surface area contributed by atoms with Gasteiger partial charge in [0.1, 0.15) is 16.4 Å². The standard InChI is InChI=1S/C20H23BrN2O5S/c1-27-17-8-9-18(28-2)19(12-17)29(25,26)23-10-4-5-14(13-23)20(24)22-16-7-3-6-15(21)11-16/h3,6-9,11-12,14H,4-5,10,13H2,1-2H3,(H,22,24)/t14-/m1/s1. The number of carbonyl (C=O) groups is 1. The maximum atomic E-state index is 13.3. The molecular formula is C20H23BrN2O5S. The van der Waals surface area contributed by atoms with Crippen LogP contribution in [-0.2, 0) is 14.8 Å². The van der Waals surface area contributed by atoms with Crippen LogP contribution in [0.2, 0.25) is 0 Å². The highest BCUT2D eigenvalue weighted by molar-refractivity contribution is 9.10. The number of hydrogen-bond acceptors (Lipinski definition) is 5. The van der Waals surface area contributed by atoms with Gasteiger partial charge in [-0.2, -0.15) is 4.31 Å². The van der Waals surface area contributed by atoms with Gasteiger partial charge >= 0.3 is 0 Å². The fourth-order valence-corrected chi connectivity index (χ4v) is 5.40. The topological polar surface area (TPSA) is 84.9 Å². The highest BCUT2D eigenvalue weighted by Crippen LogP contribution is 2.33. The quantitative estimate of drug-likeness (QED) is 0.680. The van der Waals surface area contributed by atoms with Gasteiger partial charge in [-0.1, -0.05) is 22.0 Å². The van der Waals surface area contributed by atoms with E-state index in [9.17, 15) is 13.2 Å². The van der Waals surface area contributed by atoms with Gasteiger partial charge in [-0.05, 0) is 43.2 Å². The SMILES string of the molecule is COc1ccc(OC)c(S(=O)(=O)N2CCC[C@@H](C(=O)Nc3cccc(Br)c3)C2)c1. The second-order valence-corrected chi connectivity index (χ2v) is 9.54. The number of anilines is 1. The molecule has 0 spiro atoms. The third-order valence-electron chi connectivity index (χ3n) is 4.84. The van der Waals surface area contributed by atoms with Gasteiger partial charge in [0.05, 0.1) is 20.1 Å². The molecule has 156 valence electrons. The average Bonchev–Trinajstić information content (AvgIpc) is 2.73. The molecular weight excluding hydrogens is 460 g/mol. The molecule has 2 aromatic carbocycles. The van der Waals surface area contributed by atoms with Crippen molar-refractivity contribution in [2.45, 2.75) is 17.7 Å². The number of piperidine rings is 1. The Kier molecular flexibility index (Phi) is 6.81. The Morgan fingerprint density at radius 1 is 1.17 bits per heavy atom. The highest BCUT2D eigenvalue weighted by Gasteiger charge is 2.35. The molecule has 2 aromatic rings. The molecule has 0 unspecified atom stereocenters. The summed E-state index contributed by atoms with van der Waals surface area (Å²) in [6, 6.07) is 11.9. The molecule has 9 heteroatoms. The largest absolute Gasteiger partial charge is 0.497 e. The molecule has 0 aliphatic carbocycles. The lowest BCUT2D eigenvalue weighted by Gasteiger charge is -2.31. The fourth-order valence-electron chi connectivity index (χ4n) is 3.31. The van der Waals surface area contributed by atoms with Gasteiger partial charge in [-0.3, -0.25) is 4.79 Å². The lowest BCUT2D eigenvalue weighted by Crippen LogP contribution is -2.43. The van der Waals surface area contributed by atoms with Crippen LogP contribution in [0.3, 0.4) is 0 Å². The predicted octanol–water partition coefficient (Wildman–Crippen LogP) is 3.51. The van der Waals surface area contributed by atoms with E-state index in [1.807, 2.05) is 12.1 Å². The zero-order valence-corrected chi connectivity index (χ0v) is 18.6. The second kappa shape index (κ2) is 9.15. The van der Waals surface area contributed by atoms with Crippen molar-refractivity contribution in [1.82, 2.24) is 4.31 Å². The number of halogens is 1. The van der Waals surface area contributed by atoms with E-state index >= 15 is 0 Å². The van der Waals surface area contributed by atoms with Crippen LogP contribution in [0.1, 0.15) is 12.8 Å². The molecule has 1 heterocycles. The van der Waals surface area contributed by atoms with Crippen LogP contribution >= 0.6 is 15.9 Å². The number of amides is 1. The first-order chi connectivity index (χ1) is 13.8. The van der Waals surface area contributed by atoms with Crippen molar-refractivity contribution in [3.8, 4) is 11.5 Å². The van der Waals surface area contributed by atoms with Crippen LogP contribution < -0.4 is 14.8 Å². The smallest absolute Gasteiger partial charge is 0.246 e. The molecule has 1 fully saturated rings. The van der Waals surface area contributed by atoms with Crippen molar-refractivity contribution in [2.75, 3.05) is 32.6 Å². The van der Waals surface area contributed by atoms with Crippen molar-refractivity contribution in [3.05, 3.63) is 46.9 Å². The minimum absolute atomic E-state index is 0.0346. The Labute approximate surface area is 179 Å². The molecule has 0 bridgehead atoms. The molecule has 1 aliphatic rings. The van der Waals surface area contributed by atoms with E-state index in [4.69, 9.17) is 9.47 Å². The molecule has 3 rings (SSSR count). The first kappa shape index (κ1) is 21.6. The van der Waals surface area contributed by atoms with E-state index in [0.717, 1.165) is 4.47 Å².